The minimum Gasteiger partial charge on any atom is -0.389 e. The zero-order chi connectivity index (χ0) is 14.7. The first-order chi connectivity index (χ1) is 9.47. The number of hydrogen-bond acceptors (Lipinski definition) is 2. The lowest BCUT2D eigenvalue weighted by Crippen LogP contribution is -2.13. The molecule has 0 bridgehead atoms. The van der Waals surface area contributed by atoms with E-state index in [1.807, 2.05) is 0 Å². The number of benzene rings is 2. The molecule has 0 atom stereocenters. The van der Waals surface area contributed by atoms with Gasteiger partial charge in [-0.1, -0.05) is 23.8 Å². The lowest BCUT2D eigenvalue weighted by atomic mass is 10.2. The number of carbonyl (C=O) groups is 1. The first kappa shape index (κ1) is 15.0. The van der Waals surface area contributed by atoms with Crippen molar-refractivity contribution in [2.75, 3.05) is 5.32 Å². The maximum Gasteiger partial charge on any atom is 0.256 e. The third-order valence-electron chi connectivity index (χ3n) is 2.60. The Morgan fingerprint density at radius 3 is 2.40 bits per heavy atom. The van der Waals surface area contributed by atoms with Crippen molar-refractivity contribution < 1.29 is 4.79 Å². The number of nitrogens with two attached hydrogens (primary N) is 1. The van der Waals surface area contributed by atoms with Crippen LogP contribution >= 0.6 is 39.7 Å². The van der Waals surface area contributed by atoms with Crippen LogP contribution in [0.25, 0.3) is 0 Å². The quantitative estimate of drug-likeness (QED) is 0.804. The van der Waals surface area contributed by atoms with Crippen LogP contribution in [0.3, 0.4) is 0 Å². The van der Waals surface area contributed by atoms with Crippen LogP contribution in [-0.2, 0) is 0 Å². The second kappa shape index (κ2) is 6.35. The second-order valence-electron chi connectivity index (χ2n) is 4.02. The number of nitrogens with one attached hydrogen (secondary N) is 1. The largest absolute Gasteiger partial charge is 0.389 e. The molecule has 6 heteroatoms. The van der Waals surface area contributed by atoms with Gasteiger partial charge in [0.1, 0.15) is 4.99 Å². The minimum absolute atomic E-state index is 0.225. The summed E-state index contributed by atoms with van der Waals surface area (Å²) in [7, 11) is 0. The third-order valence-corrected chi connectivity index (χ3v) is 3.73. The highest BCUT2D eigenvalue weighted by atomic mass is 79.9. The molecule has 2 rings (SSSR count). The standard InChI is InChI=1S/C14H10BrClN2OS/c15-12-7-9(16)3-6-11(12)14(19)18-10-4-1-8(2-5-10)13(17)20/h1-7H,(H2,17,20)(H,18,19). The molecule has 0 heterocycles. The van der Waals surface area contributed by atoms with Crippen LogP contribution in [-0.4, -0.2) is 10.9 Å². The first-order valence-corrected chi connectivity index (χ1v) is 7.21. The van der Waals surface area contributed by atoms with Gasteiger partial charge in [-0.2, -0.15) is 0 Å². The zero-order valence-electron chi connectivity index (χ0n) is 10.2. The van der Waals surface area contributed by atoms with Crippen LogP contribution in [0.4, 0.5) is 5.69 Å². The van der Waals surface area contributed by atoms with Crippen LogP contribution in [0.5, 0.6) is 0 Å². The smallest absolute Gasteiger partial charge is 0.256 e. The molecule has 0 saturated carbocycles. The van der Waals surface area contributed by atoms with Crippen molar-refractivity contribution >= 4 is 56.3 Å². The topological polar surface area (TPSA) is 55.1 Å². The van der Waals surface area contributed by atoms with Crippen LogP contribution in [0.1, 0.15) is 15.9 Å². The molecule has 20 heavy (non-hydrogen) atoms. The minimum atomic E-state index is -0.225. The number of amides is 1. The molecule has 1 amide bonds. The van der Waals surface area contributed by atoms with Crippen molar-refractivity contribution in [3.8, 4) is 0 Å². The third kappa shape index (κ3) is 3.56. The van der Waals surface area contributed by atoms with Gasteiger partial charge in [-0.3, -0.25) is 4.79 Å². The maximum atomic E-state index is 12.1. The summed E-state index contributed by atoms with van der Waals surface area (Å²) in [6.07, 6.45) is 0. The van der Waals surface area contributed by atoms with Crippen LogP contribution in [0.2, 0.25) is 5.02 Å². The highest BCUT2D eigenvalue weighted by molar-refractivity contribution is 9.10. The number of rotatable bonds is 3. The van der Waals surface area contributed by atoms with E-state index in [1.54, 1.807) is 42.5 Å². The van der Waals surface area contributed by atoms with E-state index < -0.39 is 0 Å². The summed E-state index contributed by atoms with van der Waals surface area (Å²) in [5.74, 6) is -0.225. The van der Waals surface area contributed by atoms with Crippen LogP contribution < -0.4 is 11.1 Å². The number of thiocarbonyl (C=S) groups is 1. The lowest BCUT2D eigenvalue weighted by molar-refractivity contribution is 0.102. The molecule has 0 unspecified atom stereocenters. The van der Waals surface area contributed by atoms with E-state index in [0.29, 0.717) is 25.7 Å². The van der Waals surface area contributed by atoms with E-state index in [4.69, 9.17) is 29.6 Å². The Bertz CT molecular complexity index is 673. The van der Waals surface area contributed by atoms with Gasteiger partial charge in [-0.15, -0.1) is 0 Å². The zero-order valence-corrected chi connectivity index (χ0v) is 13.3. The molecule has 0 spiro atoms. The van der Waals surface area contributed by atoms with Gasteiger partial charge in [0.05, 0.1) is 5.56 Å². The summed E-state index contributed by atoms with van der Waals surface area (Å²) >= 11 is 14.0. The molecule has 0 fully saturated rings. The number of carbonyl (C=O) groups excluding carboxylic acids is 1. The van der Waals surface area contributed by atoms with Gasteiger partial charge >= 0.3 is 0 Å². The number of hydrogen-bond donors (Lipinski definition) is 2. The summed E-state index contributed by atoms with van der Waals surface area (Å²) in [6.45, 7) is 0. The van der Waals surface area contributed by atoms with E-state index in [9.17, 15) is 4.79 Å². The van der Waals surface area contributed by atoms with Gasteiger partial charge in [0.15, 0.2) is 0 Å². The van der Waals surface area contributed by atoms with Crippen molar-refractivity contribution in [2.24, 2.45) is 5.73 Å². The molecule has 0 radical (unpaired) electrons. The molecule has 3 N–H and O–H groups in total. The van der Waals surface area contributed by atoms with Gasteiger partial charge < -0.3 is 11.1 Å². The molecule has 3 nitrogen and oxygen atoms in total. The molecule has 2 aromatic carbocycles. The Kier molecular flexibility index (Phi) is 4.75. The highest BCUT2D eigenvalue weighted by Crippen LogP contribution is 2.22. The average molecular weight is 370 g/mol. The molecular weight excluding hydrogens is 360 g/mol. The average Bonchev–Trinajstić information content (AvgIpc) is 2.39. The summed E-state index contributed by atoms with van der Waals surface area (Å²) in [5.41, 5.74) is 7.44. The van der Waals surface area contributed by atoms with Crippen molar-refractivity contribution in [3.63, 3.8) is 0 Å². The molecule has 0 aliphatic heterocycles. The van der Waals surface area contributed by atoms with Gasteiger partial charge in [0.25, 0.3) is 5.91 Å². The second-order valence-corrected chi connectivity index (χ2v) is 5.75. The van der Waals surface area contributed by atoms with Crippen molar-refractivity contribution in [3.05, 3.63) is 63.1 Å². The van der Waals surface area contributed by atoms with E-state index in [1.165, 1.54) is 0 Å². The Balaban J connectivity index is 2.17. The van der Waals surface area contributed by atoms with E-state index in [-0.39, 0.29) is 5.91 Å². The Labute approximate surface area is 135 Å². The summed E-state index contributed by atoms with van der Waals surface area (Å²) in [4.78, 5) is 12.5. The molecule has 0 aromatic heterocycles. The van der Waals surface area contributed by atoms with Gasteiger partial charge in [-0.25, -0.2) is 0 Å². The molecule has 0 aliphatic rings. The predicted molar refractivity (Wildman–Crippen MR) is 89.4 cm³/mol. The maximum absolute atomic E-state index is 12.1. The lowest BCUT2D eigenvalue weighted by Gasteiger charge is -2.08. The van der Waals surface area contributed by atoms with E-state index >= 15 is 0 Å². The monoisotopic (exact) mass is 368 g/mol. The Hall–Kier alpha value is -1.43. The fourth-order valence-electron chi connectivity index (χ4n) is 1.59. The number of halogens is 2. The van der Waals surface area contributed by atoms with E-state index in [0.717, 1.165) is 5.56 Å². The molecule has 102 valence electrons. The van der Waals surface area contributed by atoms with Crippen molar-refractivity contribution in [1.29, 1.82) is 0 Å². The Morgan fingerprint density at radius 2 is 1.85 bits per heavy atom. The predicted octanol–water partition coefficient (Wildman–Crippen LogP) is 3.99. The molecule has 0 saturated heterocycles. The van der Waals surface area contributed by atoms with Crippen LogP contribution in [0.15, 0.2) is 46.9 Å². The number of anilines is 1. The SMILES string of the molecule is NC(=S)c1ccc(NC(=O)c2ccc(Cl)cc2Br)cc1. The summed E-state index contributed by atoms with van der Waals surface area (Å²) in [6, 6.07) is 12.0. The Morgan fingerprint density at radius 1 is 1.20 bits per heavy atom. The first-order valence-electron chi connectivity index (χ1n) is 5.63. The fraction of sp³-hybridized carbons (Fsp3) is 0. The molecular formula is C14H10BrClN2OS. The fourth-order valence-corrected chi connectivity index (χ4v) is 2.59. The normalized spacial score (nSPS) is 10.1. The van der Waals surface area contributed by atoms with Gasteiger partial charge in [0.2, 0.25) is 0 Å². The van der Waals surface area contributed by atoms with Gasteiger partial charge in [0, 0.05) is 20.7 Å². The van der Waals surface area contributed by atoms with Crippen molar-refractivity contribution in [1.82, 2.24) is 0 Å². The summed E-state index contributed by atoms with van der Waals surface area (Å²) in [5, 5.41) is 3.35. The summed E-state index contributed by atoms with van der Waals surface area (Å²) < 4.78 is 0.641. The van der Waals surface area contributed by atoms with Crippen molar-refractivity contribution in [2.45, 2.75) is 0 Å². The highest BCUT2D eigenvalue weighted by Gasteiger charge is 2.10. The van der Waals surface area contributed by atoms with E-state index in [2.05, 4.69) is 21.2 Å². The van der Waals surface area contributed by atoms with Gasteiger partial charge in [-0.05, 0) is 58.4 Å². The molecule has 0 aliphatic carbocycles. The molecule has 2 aromatic rings. The van der Waals surface area contributed by atoms with Crippen LogP contribution in [0, 0.1) is 0 Å².